The quantitative estimate of drug-likeness (QED) is 0.303. The first-order chi connectivity index (χ1) is 13.1. The highest BCUT2D eigenvalue weighted by atomic mass is 35.5. The van der Waals surface area contributed by atoms with Crippen molar-refractivity contribution in [3.63, 3.8) is 0 Å². The average molecular weight is 415 g/mol. The summed E-state index contributed by atoms with van der Waals surface area (Å²) in [5, 5.41) is 4.87. The Kier molecular flexibility index (Phi) is 6.93. The lowest BCUT2D eigenvalue weighted by atomic mass is 10.1. The predicted octanol–water partition coefficient (Wildman–Crippen LogP) is 6.05. The lowest BCUT2D eigenvalue weighted by Crippen LogP contribution is -2.17. The van der Waals surface area contributed by atoms with Crippen molar-refractivity contribution in [3.8, 4) is 0 Å². The molecule has 0 aliphatic rings. The number of nitrogens with zero attached hydrogens (tertiary/aromatic N) is 1. The topological polar surface area (TPSA) is 41.5 Å². The van der Waals surface area contributed by atoms with E-state index in [-0.39, 0.29) is 5.91 Å². The van der Waals surface area contributed by atoms with Gasteiger partial charge in [-0.15, -0.1) is 11.8 Å². The van der Waals surface area contributed by atoms with Crippen molar-refractivity contribution in [1.29, 1.82) is 0 Å². The lowest BCUT2D eigenvalue weighted by molar-refractivity contribution is 0.0955. The highest BCUT2D eigenvalue weighted by molar-refractivity contribution is 7.98. The summed E-state index contributed by atoms with van der Waals surface area (Å²) < 4.78 is 0. The van der Waals surface area contributed by atoms with Crippen LogP contribution in [-0.2, 0) is 5.75 Å². The van der Waals surface area contributed by atoms with E-state index in [4.69, 9.17) is 23.2 Å². The minimum absolute atomic E-state index is 0.270. The molecule has 0 bridgehead atoms. The summed E-state index contributed by atoms with van der Waals surface area (Å²) in [5.74, 6) is 0.579. The second-order valence-corrected chi connectivity index (χ2v) is 7.53. The van der Waals surface area contributed by atoms with E-state index in [1.807, 2.05) is 30.3 Å². The first kappa shape index (κ1) is 19.5. The zero-order chi connectivity index (χ0) is 19.1. The van der Waals surface area contributed by atoms with E-state index < -0.39 is 0 Å². The molecule has 1 N–H and O–H groups in total. The number of amides is 1. The predicted molar refractivity (Wildman–Crippen MR) is 114 cm³/mol. The van der Waals surface area contributed by atoms with E-state index in [9.17, 15) is 4.79 Å². The molecule has 0 fully saturated rings. The van der Waals surface area contributed by atoms with Gasteiger partial charge in [-0.25, -0.2) is 5.43 Å². The highest BCUT2D eigenvalue weighted by Gasteiger charge is 2.04. The van der Waals surface area contributed by atoms with Crippen LogP contribution in [0, 0.1) is 0 Å². The minimum Gasteiger partial charge on any atom is -0.267 e. The number of nitrogens with one attached hydrogen (secondary N) is 1. The number of halogens is 2. The van der Waals surface area contributed by atoms with Crippen LogP contribution in [0.1, 0.15) is 21.5 Å². The third-order valence-electron chi connectivity index (χ3n) is 3.69. The van der Waals surface area contributed by atoms with Gasteiger partial charge in [0.1, 0.15) is 0 Å². The molecule has 0 unspecified atom stereocenters. The third kappa shape index (κ3) is 5.86. The molecule has 1 amide bonds. The molecule has 0 saturated carbocycles. The molecular formula is C21H16Cl2N2OS. The van der Waals surface area contributed by atoms with Gasteiger partial charge in [0.15, 0.2) is 0 Å². The fourth-order valence-corrected chi connectivity index (χ4v) is 3.44. The maximum absolute atomic E-state index is 12.2. The molecule has 3 aromatic carbocycles. The first-order valence-electron chi connectivity index (χ1n) is 8.17. The van der Waals surface area contributed by atoms with E-state index in [1.54, 1.807) is 42.1 Å². The van der Waals surface area contributed by atoms with Crippen LogP contribution in [-0.4, -0.2) is 12.1 Å². The van der Waals surface area contributed by atoms with E-state index in [2.05, 4.69) is 22.7 Å². The summed E-state index contributed by atoms with van der Waals surface area (Å²) in [6.45, 7) is 0. The van der Waals surface area contributed by atoms with Crippen LogP contribution in [0.3, 0.4) is 0 Å². The second-order valence-electron chi connectivity index (χ2n) is 5.67. The Bertz CT molecular complexity index is 944. The van der Waals surface area contributed by atoms with Crippen LogP contribution >= 0.6 is 35.0 Å². The van der Waals surface area contributed by atoms with Crippen LogP contribution in [0.5, 0.6) is 0 Å². The average Bonchev–Trinajstić information content (AvgIpc) is 2.70. The molecule has 0 aromatic heterocycles. The second kappa shape index (κ2) is 9.60. The first-order valence-corrected chi connectivity index (χ1v) is 9.91. The summed E-state index contributed by atoms with van der Waals surface area (Å²) >= 11 is 13.6. The molecule has 0 aliphatic heterocycles. The Hall–Kier alpha value is -2.27. The Balaban J connectivity index is 1.54. The molecular weight excluding hydrogens is 399 g/mol. The SMILES string of the molecule is O=C(N/N=C/c1ccc(Cl)c(Cl)c1)c1ccc(CSc2ccccc2)cc1. The molecule has 0 atom stereocenters. The Morgan fingerprint density at radius 3 is 2.41 bits per heavy atom. The maximum atomic E-state index is 12.2. The van der Waals surface area contributed by atoms with Gasteiger partial charge in [-0.1, -0.05) is 59.6 Å². The summed E-state index contributed by atoms with van der Waals surface area (Å²) in [5.41, 5.74) is 4.96. The number of thioether (sulfide) groups is 1. The number of hydrazone groups is 1. The maximum Gasteiger partial charge on any atom is 0.271 e. The number of benzene rings is 3. The van der Waals surface area contributed by atoms with Crippen LogP contribution in [0.4, 0.5) is 0 Å². The number of hydrogen-bond acceptors (Lipinski definition) is 3. The molecule has 27 heavy (non-hydrogen) atoms. The van der Waals surface area contributed by atoms with Crippen LogP contribution in [0.15, 0.2) is 82.8 Å². The molecule has 0 heterocycles. The summed E-state index contributed by atoms with van der Waals surface area (Å²) in [7, 11) is 0. The lowest BCUT2D eigenvalue weighted by Gasteiger charge is -2.04. The van der Waals surface area contributed by atoms with Crippen molar-refractivity contribution in [2.24, 2.45) is 5.10 Å². The smallest absolute Gasteiger partial charge is 0.267 e. The van der Waals surface area contributed by atoms with Gasteiger partial charge in [-0.05, 0) is 47.5 Å². The van der Waals surface area contributed by atoms with Gasteiger partial charge in [0, 0.05) is 16.2 Å². The Labute approximate surface area is 172 Å². The van der Waals surface area contributed by atoms with Gasteiger partial charge in [0.05, 0.1) is 16.3 Å². The zero-order valence-electron chi connectivity index (χ0n) is 14.2. The van der Waals surface area contributed by atoms with E-state index in [1.165, 1.54) is 11.1 Å². The Morgan fingerprint density at radius 2 is 1.70 bits per heavy atom. The van der Waals surface area contributed by atoms with Crippen LogP contribution in [0.2, 0.25) is 10.0 Å². The Morgan fingerprint density at radius 1 is 0.963 bits per heavy atom. The van der Waals surface area contributed by atoms with Gasteiger partial charge in [0.2, 0.25) is 0 Å². The molecule has 136 valence electrons. The van der Waals surface area contributed by atoms with Gasteiger partial charge < -0.3 is 0 Å². The van der Waals surface area contributed by atoms with E-state index in [0.29, 0.717) is 15.6 Å². The van der Waals surface area contributed by atoms with Crippen molar-refractivity contribution < 1.29 is 4.79 Å². The number of hydrogen-bond donors (Lipinski definition) is 1. The molecule has 0 saturated heterocycles. The third-order valence-corrected chi connectivity index (χ3v) is 5.51. The number of carbonyl (C=O) groups excluding carboxylic acids is 1. The number of rotatable bonds is 6. The largest absolute Gasteiger partial charge is 0.271 e. The van der Waals surface area contributed by atoms with Gasteiger partial charge >= 0.3 is 0 Å². The monoisotopic (exact) mass is 414 g/mol. The molecule has 6 heteroatoms. The molecule has 3 aromatic rings. The van der Waals surface area contributed by atoms with Gasteiger partial charge in [0.25, 0.3) is 5.91 Å². The van der Waals surface area contributed by atoms with Gasteiger partial charge in [-0.3, -0.25) is 4.79 Å². The standard InChI is InChI=1S/C21H16Cl2N2OS/c22-19-11-8-16(12-20(19)23)13-24-25-21(26)17-9-6-15(7-10-17)14-27-18-4-2-1-3-5-18/h1-13H,14H2,(H,25,26)/b24-13+. The number of carbonyl (C=O) groups is 1. The van der Waals surface area contributed by atoms with E-state index in [0.717, 1.165) is 16.9 Å². The summed E-state index contributed by atoms with van der Waals surface area (Å²) in [6, 6.07) is 22.8. The fraction of sp³-hybridized carbons (Fsp3) is 0.0476. The zero-order valence-corrected chi connectivity index (χ0v) is 16.6. The van der Waals surface area contributed by atoms with Crippen LogP contribution < -0.4 is 5.43 Å². The normalized spacial score (nSPS) is 10.9. The molecule has 0 radical (unpaired) electrons. The summed E-state index contributed by atoms with van der Waals surface area (Å²) in [4.78, 5) is 13.4. The molecule has 0 aliphatic carbocycles. The summed E-state index contributed by atoms with van der Waals surface area (Å²) in [6.07, 6.45) is 1.52. The van der Waals surface area contributed by atoms with Crippen molar-refractivity contribution >= 4 is 47.1 Å². The highest BCUT2D eigenvalue weighted by Crippen LogP contribution is 2.23. The van der Waals surface area contributed by atoms with Crippen molar-refractivity contribution in [2.75, 3.05) is 0 Å². The fourth-order valence-electron chi connectivity index (χ4n) is 2.26. The van der Waals surface area contributed by atoms with Crippen molar-refractivity contribution in [3.05, 3.63) is 99.5 Å². The van der Waals surface area contributed by atoms with Crippen LogP contribution in [0.25, 0.3) is 0 Å². The minimum atomic E-state index is -0.270. The van der Waals surface area contributed by atoms with E-state index >= 15 is 0 Å². The van der Waals surface area contributed by atoms with Crippen molar-refractivity contribution in [2.45, 2.75) is 10.6 Å². The van der Waals surface area contributed by atoms with Gasteiger partial charge in [-0.2, -0.15) is 5.10 Å². The molecule has 3 nitrogen and oxygen atoms in total. The molecule has 3 rings (SSSR count). The molecule has 0 spiro atoms. The van der Waals surface area contributed by atoms with Crippen molar-refractivity contribution in [1.82, 2.24) is 5.43 Å².